The lowest BCUT2D eigenvalue weighted by Gasteiger charge is -2.27. The van der Waals surface area contributed by atoms with E-state index in [0.717, 1.165) is 36.4 Å². The van der Waals surface area contributed by atoms with Gasteiger partial charge in [-0.1, -0.05) is 25.7 Å². The molecule has 0 radical (unpaired) electrons. The van der Waals surface area contributed by atoms with Crippen molar-refractivity contribution in [2.45, 2.75) is 32.7 Å². The molecule has 0 bridgehead atoms. The highest BCUT2D eigenvalue weighted by Crippen LogP contribution is 2.23. The maximum absolute atomic E-state index is 5.84. The van der Waals surface area contributed by atoms with Gasteiger partial charge in [0.1, 0.15) is 12.4 Å². The Hall–Kier alpha value is -1.50. The molecule has 1 aromatic rings. The van der Waals surface area contributed by atoms with Crippen molar-refractivity contribution >= 4 is 0 Å². The van der Waals surface area contributed by atoms with Crippen LogP contribution in [-0.4, -0.2) is 37.2 Å². The summed E-state index contributed by atoms with van der Waals surface area (Å²) in [6.07, 6.45) is 2.64. The Morgan fingerprint density at radius 2 is 2.10 bits per heavy atom. The van der Waals surface area contributed by atoms with Crippen LogP contribution in [-0.2, 0) is 0 Å². The maximum atomic E-state index is 5.84. The van der Waals surface area contributed by atoms with Crippen molar-refractivity contribution < 1.29 is 4.74 Å². The summed E-state index contributed by atoms with van der Waals surface area (Å²) < 4.78 is 5.84. The smallest absolute Gasteiger partial charge is 0.119 e. The Bertz CT molecular complexity index is 484. The van der Waals surface area contributed by atoms with Gasteiger partial charge in [-0.25, -0.2) is 0 Å². The number of benzene rings is 1. The summed E-state index contributed by atoms with van der Waals surface area (Å²) >= 11 is 0. The largest absolute Gasteiger partial charge is 0.492 e. The molecule has 1 atom stereocenters. The predicted octanol–water partition coefficient (Wildman–Crippen LogP) is 2.50. The first-order valence-corrected chi connectivity index (χ1v) is 7.86. The van der Waals surface area contributed by atoms with Crippen LogP contribution in [0.25, 0.3) is 0 Å². The monoisotopic (exact) mass is 286 g/mol. The number of hydrogen-bond acceptors (Lipinski definition) is 3. The summed E-state index contributed by atoms with van der Waals surface area (Å²) in [7, 11) is 0. The normalized spacial score (nSPS) is 18.6. The maximum Gasteiger partial charge on any atom is 0.119 e. The van der Waals surface area contributed by atoms with E-state index < -0.39 is 0 Å². The number of ether oxygens (including phenoxy) is 1. The second-order valence-corrected chi connectivity index (χ2v) is 5.87. The van der Waals surface area contributed by atoms with Crippen molar-refractivity contribution in [1.82, 2.24) is 4.90 Å². The molecule has 0 aliphatic carbocycles. The molecule has 1 aliphatic rings. The van der Waals surface area contributed by atoms with E-state index in [2.05, 4.69) is 30.6 Å². The lowest BCUT2D eigenvalue weighted by molar-refractivity contribution is 0.168. The lowest BCUT2D eigenvalue weighted by atomic mass is 10.0. The second kappa shape index (κ2) is 8.07. The van der Waals surface area contributed by atoms with E-state index in [1.807, 2.05) is 24.3 Å². The quantitative estimate of drug-likeness (QED) is 0.845. The summed E-state index contributed by atoms with van der Waals surface area (Å²) in [5.41, 5.74) is 6.34. The van der Waals surface area contributed by atoms with Crippen LogP contribution in [0.15, 0.2) is 24.3 Å². The summed E-state index contributed by atoms with van der Waals surface area (Å²) in [6, 6.07) is 8.63. The van der Waals surface area contributed by atoms with E-state index in [4.69, 9.17) is 10.5 Å². The Morgan fingerprint density at radius 3 is 2.76 bits per heavy atom. The number of likely N-dealkylation sites (tertiary alicyclic amines) is 1. The zero-order valence-electron chi connectivity index (χ0n) is 13.1. The molecule has 0 aromatic heterocycles. The molecule has 0 saturated carbocycles. The van der Waals surface area contributed by atoms with Crippen molar-refractivity contribution in [2.24, 2.45) is 11.7 Å². The summed E-state index contributed by atoms with van der Waals surface area (Å²) in [5, 5.41) is 0. The van der Waals surface area contributed by atoms with Crippen LogP contribution < -0.4 is 10.5 Å². The molecular weight excluding hydrogens is 260 g/mol. The van der Waals surface area contributed by atoms with Gasteiger partial charge in [0.2, 0.25) is 0 Å². The Morgan fingerprint density at radius 1 is 1.33 bits per heavy atom. The minimum absolute atomic E-state index is 0.394. The van der Waals surface area contributed by atoms with Gasteiger partial charge in [-0.05, 0) is 49.6 Å². The molecule has 1 aromatic carbocycles. The number of nitrogens with two attached hydrogens (primary N) is 1. The Kier molecular flexibility index (Phi) is 6.10. The number of nitrogens with zero attached hydrogens (tertiary/aromatic N) is 1. The highest BCUT2D eigenvalue weighted by molar-refractivity contribution is 5.38. The molecular formula is C18H26N2O. The van der Waals surface area contributed by atoms with Crippen molar-refractivity contribution in [1.29, 1.82) is 0 Å². The van der Waals surface area contributed by atoms with Gasteiger partial charge in [0.25, 0.3) is 0 Å². The molecule has 3 nitrogen and oxygen atoms in total. The summed E-state index contributed by atoms with van der Waals surface area (Å²) in [6.45, 7) is 7.98. The summed E-state index contributed by atoms with van der Waals surface area (Å²) in [4.78, 5) is 2.56. The zero-order valence-corrected chi connectivity index (χ0v) is 13.1. The van der Waals surface area contributed by atoms with Crippen molar-refractivity contribution in [3.05, 3.63) is 29.8 Å². The van der Waals surface area contributed by atoms with Gasteiger partial charge in [-0.15, -0.1) is 0 Å². The van der Waals surface area contributed by atoms with Crippen molar-refractivity contribution in [3.8, 4) is 17.6 Å². The van der Waals surface area contributed by atoms with Gasteiger partial charge in [-0.2, -0.15) is 0 Å². The van der Waals surface area contributed by atoms with Gasteiger partial charge in [0, 0.05) is 18.2 Å². The van der Waals surface area contributed by atoms with Gasteiger partial charge in [0.15, 0.2) is 0 Å². The van der Waals surface area contributed by atoms with Crippen LogP contribution in [0.5, 0.6) is 5.75 Å². The van der Waals surface area contributed by atoms with E-state index in [1.54, 1.807) is 0 Å². The minimum Gasteiger partial charge on any atom is -0.492 e. The first-order chi connectivity index (χ1) is 10.2. The van der Waals surface area contributed by atoms with Crippen molar-refractivity contribution in [3.63, 3.8) is 0 Å². The third kappa shape index (κ3) is 4.77. The fraction of sp³-hybridized carbons (Fsp3) is 0.556. The highest BCUT2D eigenvalue weighted by Gasteiger charge is 2.26. The molecule has 1 aliphatic heterocycles. The molecule has 1 fully saturated rings. The van der Waals surface area contributed by atoms with Crippen LogP contribution >= 0.6 is 0 Å². The third-order valence-electron chi connectivity index (χ3n) is 4.02. The van der Waals surface area contributed by atoms with E-state index in [0.29, 0.717) is 6.54 Å². The first kappa shape index (κ1) is 15.9. The number of rotatable bonds is 5. The zero-order chi connectivity index (χ0) is 15.1. The predicted molar refractivity (Wildman–Crippen MR) is 87.3 cm³/mol. The van der Waals surface area contributed by atoms with Gasteiger partial charge in [-0.3, -0.25) is 4.90 Å². The van der Waals surface area contributed by atoms with Crippen LogP contribution in [0.4, 0.5) is 0 Å². The fourth-order valence-corrected chi connectivity index (χ4v) is 2.95. The SMILES string of the molecule is CC(C)C1CCCN1CCOc1ccc(C#CCN)cc1. The van der Waals surface area contributed by atoms with Crippen molar-refractivity contribution in [2.75, 3.05) is 26.2 Å². The third-order valence-corrected chi connectivity index (χ3v) is 4.02. The average molecular weight is 286 g/mol. The van der Waals surface area contributed by atoms with Crippen LogP contribution in [0.3, 0.4) is 0 Å². The summed E-state index contributed by atoms with van der Waals surface area (Å²) in [5.74, 6) is 7.50. The van der Waals surface area contributed by atoms with E-state index in [9.17, 15) is 0 Å². The second-order valence-electron chi connectivity index (χ2n) is 5.87. The van der Waals surface area contributed by atoms with Crippen LogP contribution in [0.1, 0.15) is 32.3 Å². The lowest BCUT2D eigenvalue weighted by Crippen LogP contribution is -2.36. The molecule has 0 spiro atoms. The molecule has 3 heteroatoms. The highest BCUT2D eigenvalue weighted by atomic mass is 16.5. The molecule has 1 saturated heterocycles. The molecule has 21 heavy (non-hydrogen) atoms. The first-order valence-electron chi connectivity index (χ1n) is 7.86. The van der Waals surface area contributed by atoms with E-state index in [-0.39, 0.29) is 0 Å². The molecule has 1 heterocycles. The van der Waals surface area contributed by atoms with E-state index in [1.165, 1.54) is 19.4 Å². The van der Waals surface area contributed by atoms with E-state index >= 15 is 0 Å². The van der Waals surface area contributed by atoms with Gasteiger partial charge in [0.05, 0.1) is 6.54 Å². The minimum atomic E-state index is 0.394. The molecule has 114 valence electrons. The topological polar surface area (TPSA) is 38.5 Å². The standard InChI is InChI=1S/C18H26N2O/c1-15(2)18-6-4-12-20(18)13-14-21-17-9-7-16(8-10-17)5-3-11-19/h7-10,15,18H,4,6,11-14,19H2,1-2H3. The average Bonchev–Trinajstić information content (AvgIpc) is 2.95. The molecule has 2 N–H and O–H groups in total. The molecule has 1 unspecified atom stereocenters. The molecule has 2 rings (SSSR count). The van der Waals surface area contributed by atoms with Gasteiger partial charge >= 0.3 is 0 Å². The van der Waals surface area contributed by atoms with Gasteiger partial charge < -0.3 is 10.5 Å². The molecule has 0 amide bonds. The fourth-order valence-electron chi connectivity index (χ4n) is 2.95. The van der Waals surface area contributed by atoms with Crippen LogP contribution in [0, 0.1) is 17.8 Å². The Balaban J connectivity index is 1.78. The Labute approximate surface area is 128 Å². The number of hydrogen-bond donors (Lipinski definition) is 1. The van der Waals surface area contributed by atoms with Crippen LogP contribution in [0.2, 0.25) is 0 Å².